The molecule has 1 aliphatic heterocycles. The van der Waals surface area contributed by atoms with Gasteiger partial charge in [0.1, 0.15) is 7.45 Å². The molecule has 6 heteroatoms. The lowest BCUT2D eigenvalue weighted by Gasteiger charge is -2.27. The van der Waals surface area contributed by atoms with Gasteiger partial charge in [0.25, 0.3) is 0 Å². The van der Waals surface area contributed by atoms with Crippen LogP contribution in [0.4, 0.5) is 0 Å². The summed E-state index contributed by atoms with van der Waals surface area (Å²) in [6, 6.07) is 8.47. The van der Waals surface area contributed by atoms with Crippen molar-refractivity contribution in [3.63, 3.8) is 0 Å². The monoisotopic (exact) mass is 348 g/mol. The third-order valence-electron chi connectivity index (χ3n) is 4.63. The molecule has 2 atom stereocenters. The first kappa shape index (κ1) is 17.9. The first-order chi connectivity index (χ1) is 12.5. The standard InChI is InChI=1S/C19H29N3O3/c20-12-5-4-9-16(21-13-11-15-7-2-1-3-8-15)18(23)22-14-6-10-17(22)19(24)25/h1-3,7-8,16-17,21H,4-6,9-14,20H2,(H,24,25)/t16-,17-/m0/s1/i/hD. The normalized spacial score (nSPS) is 19.0. The van der Waals surface area contributed by atoms with Crippen LogP contribution in [0.2, 0.25) is 1.41 Å². The van der Waals surface area contributed by atoms with Gasteiger partial charge < -0.3 is 21.0 Å². The van der Waals surface area contributed by atoms with Crippen LogP contribution in [-0.4, -0.2) is 53.6 Å². The molecule has 0 saturated carbocycles. The number of amides is 1. The van der Waals surface area contributed by atoms with Crippen LogP contribution in [0.15, 0.2) is 30.3 Å². The molecule has 6 nitrogen and oxygen atoms in total. The lowest BCUT2D eigenvalue weighted by molar-refractivity contribution is -0.149. The van der Waals surface area contributed by atoms with Gasteiger partial charge >= 0.3 is 5.97 Å². The van der Waals surface area contributed by atoms with Crippen molar-refractivity contribution in [1.82, 2.24) is 10.2 Å². The first-order valence-electron chi connectivity index (χ1n) is 9.52. The van der Waals surface area contributed by atoms with Crippen LogP contribution in [0.25, 0.3) is 0 Å². The molecule has 0 aliphatic carbocycles. The van der Waals surface area contributed by atoms with E-state index < -0.39 is 18.1 Å². The number of aliphatic carboxylic acids is 1. The van der Waals surface area contributed by atoms with Crippen molar-refractivity contribution in [3.8, 4) is 0 Å². The van der Waals surface area contributed by atoms with E-state index in [-0.39, 0.29) is 5.91 Å². The number of hydrogen-bond donors (Lipinski definition) is 3. The summed E-state index contributed by atoms with van der Waals surface area (Å²) in [7, 11) is 0. The summed E-state index contributed by atoms with van der Waals surface area (Å²) >= 11 is 0. The highest BCUT2D eigenvalue weighted by atomic mass is 16.4. The number of nitrogens with zero attached hydrogens (tertiary/aromatic N) is 1. The number of carbonyl (C=O) groups is 2. The molecule has 1 aromatic rings. The molecule has 0 aromatic heterocycles. The van der Waals surface area contributed by atoms with Crippen molar-refractivity contribution in [3.05, 3.63) is 35.9 Å². The summed E-state index contributed by atoms with van der Waals surface area (Å²) in [6.07, 6.45) is 3.92. The van der Waals surface area contributed by atoms with Gasteiger partial charge in [-0.2, -0.15) is 0 Å². The zero-order valence-corrected chi connectivity index (χ0v) is 14.6. The summed E-state index contributed by atoms with van der Waals surface area (Å²) in [5.74, 6) is -1.20. The second-order valence-corrected chi connectivity index (χ2v) is 6.47. The molecule has 2 rings (SSSR count). The number of carboxylic acid groups (broad SMARTS) is 1. The van der Waals surface area contributed by atoms with Gasteiger partial charge in [-0.25, -0.2) is 4.79 Å². The average Bonchev–Trinajstić information content (AvgIpc) is 3.14. The Morgan fingerprint density at radius 1 is 1.36 bits per heavy atom. The number of carbonyl (C=O) groups excluding carboxylic acids is 1. The van der Waals surface area contributed by atoms with Crippen molar-refractivity contribution in [2.45, 2.75) is 50.6 Å². The molecular formula is C19H29N3O3. The van der Waals surface area contributed by atoms with Gasteiger partial charge in [0.05, 0.1) is 6.04 Å². The SMILES string of the molecule is [2H]N(CCc1ccccc1)[C@@H](CCCCN)C(=O)N1CCC[C@H]1C(=O)O. The maximum Gasteiger partial charge on any atom is 0.326 e. The van der Waals surface area contributed by atoms with Gasteiger partial charge in [-0.1, -0.05) is 36.8 Å². The molecule has 0 radical (unpaired) electrons. The zero-order chi connectivity index (χ0) is 18.9. The number of unbranched alkanes of at least 4 members (excludes halogenated alkanes) is 1. The van der Waals surface area contributed by atoms with Crippen molar-refractivity contribution >= 4 is 11.9 Å². The fourth-order valence-corrected chi connectivity index (χ4v) is 3.25. The minimum Gasteiger partial charge on any atom is -0.480 e. The molecule has 0 unspecified atom stereocenters. The molecule has 25 heavy (non-hydrogen) atoms. The largest absolute Gasteiger partial charge is 0.480 e. The van der Waals surface area contributed by atoms with Crippen LogP contribution in [0.1, 0.15) is 37.7 Å². The minimum absolute atomic E-state index is 0.241. The topological polar surface area (TPSA) is 95.7 Å². The van der Waals surface area contributed by atoms with E-state index in [2.05, 4.69) is 0 Å². The number of benzene rings is 1. The predicted octanol–water partition coefficient (Wildman–Crippen LogP) is 1.39. The Morgan fingerprint density at radius 3 is 2.80 bits per heavy atom. The molecule has 1 aliphatic rings. The van der Waals surface area contributed by atoms with Crippen LogP contribution < -0.4 is 11.0 Å². The Balaban J connectivity index is 2.03. The van der Waals surface area contributed by atoms with Crippen molar-refractivity contribution in [2.75, 3.05) is 19.6 Å². The second kappa shape index (κ2) is 10.2. The minimum atomic E-state index is -0.961. The Kier molecular flexibility index (Phi) is 7.27. The highest BCUT2D eigenvalue weighted by Gasteiger charge is 2.36. The average molecular weight is 348 g/mol. The van der Waals surface area contributed by atoms with Crippen molar-refractivity contribution < 1.29 is 16.1 Å². The Morgan fingerprint density at radius 2 is 2.12 bits per heavy atom. The van der Waals surface area contributed by atoms with E-state index in [4.69, 9.17) is 7.15 Å². The quantitative estimate of drug-likeness (QED) is 0.555. The van der Waals surface area contributed by atoms with Crippen LogP contribution >= 0.6 is 0 Å². The maximum absolute atomic E-state index is 13.0. The van der Waals surface area contributed by atoms with E-state index in [0.717, 1.165) is 18.4 Å². The van der Waals surface area contributed by atoms with Gasteiger partial charge in [0, 0.05) is 6.54 Å². The zero-order valence-electron chi connectivity index (χ0n) is 15.6. The lowest BCUT2D eigenvalue weighted by atomic mass is 10.1. The van der Waals surface area contributed by atoms with Crippen LogP contribution in [0.5, 0.6) is 0 Å². The van der Waals surface area contributed by atoms with E-state index in [1.807, 2.05) is 30.3 Å². The fraction of sp³-hybridized carbons (Fsp3) is 0.579. The Labute approximate surface area is 150 Å². The highest BCUT2D eigenvalue weighted by molar-refractivity contribution is 5.87. The number of likely N-dealkylation sites (tertiary alicyclic amines) is 1. The first-order valence-corrected chi connectivity index (χ1v) is 9.07. The molecule has 4 N–H and O–H groups in total. The molecular weight excluding hydrogens is 318 g/mol. The molecule has 1 aromatic carbocycles. The van der Waals surface area contributed by atoms with E-state index >= 15 is 0 Å². The summed E-state index contributed by atoms with van der Waals surface area (Å²) < 4.78 is 8.39. The highest BCUT2D eigenvalue weighted by Crippen LogP contribution is 2.19. The maximum atomic E-state index is 13.0. The molecule has 138 valence electrons. The van der Waals surface area contributed by atoms with Crippen molar-refractivity contribution in [1.29, 1.82) is 0 Å². The van der Waals surface area contributed by atoms with E-state index in [1.54, 1.807) is 0 Å². The third kappa shape index (κ3) is 5.83. The predicted molar refractivity (Wildman–Crippen MR) is 97.2 cm³/mol. The number of rotatable bonds is 10. The molecule has 1 amide bonds. The van der Waals surface area contributed by atoms with Gasteiger partial charge in [0.2, 0.25) is 5.91 Å². The molecule has 0 bridgehead atoms. The Hall–Kier alpha value is -1.92. The lowest BCUT2D eigenvalue weighted by Crippen LogP contribution is -2.50. The van der Waals surface area contributed by atoms with E-state index in [9.17, 15) is 14.7 Å². The summed E-state index contributed by atoms with van der Waals surface area (Å²) in [4.78, 5) is 25.8. The third-order valence-corrected chi connectivity index (χ3v) is 4.63. The van der Waals surface area contributed by atoms with Crippen LogP contribution in [0.3, 0.4) is 0 Å². The fourth-order valence-electron chi connectivity index (χ4n) is 3.25. The smallest absolute Gasteiger partial charge is 0.326 e. The summed E-state index contributed by atoms with van der Waals surface area (Å²) in [5, 5.41) is 10.7. The van der Waals surface area contributed by atoms with Gasteiger partial charge in [-0.3, -0.25) is 4.79 Å². The number of nitrogens with one attached hydrogen (secondary N) is 1. The van der Waals surface area contributed by atoms with Crippen LogP contribution in [0, 0.1) is 0 Å². The number of hydrogen-bond acceptors (Lipinski definition) is 4. The molecule has 1 saturated heterocycles. The molecule has 0 spiro atoms. The second-order valence-electron chi connectivity index (χ2n) is 6.47. The molecule has 1 heterocycles. The Bertz CT molecular complexity index is 585. The van der Waals surface area contributed by atoms with Gasteiger partial charge in [-0.15, -0.1) is 0 Å². The van der Waals surface area contributed by atoms with Gasteiger partial charge in [0.15, 0.2) is 0 Å². The van der Waals surface area contributed by atoms with Crippen LogP contribution in [-0.2, 0) is 16.0 Å². The van der Waals surface area contributed by atoms with E-state index in [1.165, 1.54) is 10.2 Å². The summed E-state index contributed by atoms with van der Waals surface area (Å²) in [5.41, 5.74) is 6.67. The molecule has 1 fully saturated rings. The number of nitrogens with two attached hydrogens (primary N) is 1. The number of carboxylic acids is 1. The van der Waals surface area contributed by atoms with Crippen molar-refractivity contribution in [2.24, 2.45) is 5.73 Å². The van der Waals surface area contributed by atoms with E-state index in [0.29, 0.717) is 45.3 Å². The summed E-state index contributed by atoms with van der Waals surface area (Å²) in [6.45, 7) is 1.43. The van der Waals surface area contributed by atoms with Gasteiger partial charge in [-0.05, 0) is 50.8 Å².